The molecule has 0 bridgehead atoms. The Labute approximate surface area is 174 Å². The van der Waals surface area contributed by atoms with Crippen LogP contribution in [0.5, 0.6) is 5.75 Å². The van der Waals surface area contributed by atoms with E-state index in [0.29, 0.717) is 24.5 Å². The number of carbonyl (C=O) groups excluding carboxylic acids is 1. The highest BCUT2D eigenvalue weighted by Crippen LogP contribution is 2.25. The minimum Gasteiger partial charge on any atom is -0.488 e. The normalized spacial score (nSPS) is 10.7. The van der Waals surface area contributed by atoms with Gasteiger partial charge in [-0.15, -0.1) is 0 Å². The average Bonchev–Trinajstić information content (AvgIpc) is 2.80. The van der Waals surface area contributed by atoms with Crippen molar-refractivity contribution in [2.45, 2.75) is 13.2 Å². The molecule has 0 fully saturated rings. The number of esters is 1. The molecule has 0 atom stereocenters. The van der Waals surface area contributed by atoms with Gasteiger partial charge >= 0.3 is 5.97 Å². The lowest BCUT2D eigenvalue weighted by molar-refractivity contribution is 0.0600. The van der Waals surface area contributed by atoms with Gasteiger partial charge in [-0.05, 0) is 35.4 Å². The van der Waals surface area contributed by atoms with Crippen LogP contribution >= 0.6 is 0 Å². The predicted octanol–water partition coefficient (Wildman–Crippen LogP) is 4.42. The Bertz CT molecular complexity index is 1230. The van der Waals surface area contributed by atoms with Crippen LogP contribution in [0.25, 0.3) is 10.9 Å². The summed E-state index contributed by atoms with van der Waals surface area (Å²) in [6.45, 7) is 0.781. The molecular formula is C25H21NO4. The van der Waals surface area contributed by atoms with E-state index in [1.54, 1.807) is 16.7 Å². The van der Waals surface area contributed by atoms with Crippen molar-refractivity contribution >= 4 is 16.9 Å². The number of para-hydroxylation sites is 1. The molecule has 0 aliphatic rings. The smallest absolute Gasteiger partial charge is 0.337 e. The van der Waals surface area contributed by atoms with Crippen LogP contribution in [0.3, 0.4) is 0 Å². The minimum atomic E-state index is -0.385. The largest absolute Gasteiger partial charge is 0.488 e. The molecule has 0 radical (unpaired) electrons. The quantitative estimate of drug-likeness (QED) is 0.451. The molecule has 0 aliphatic heterocycles. The maximum Gasteiger partial charge on any atom is 0.337 e. The Morgan fingerprint density at radius 1 is 0.867 bits per heavy atom. The number of rotatable bonds is 6. The highest BCUT2D eigenvalue weighted by molar-refractivity contribution is 5.89. The molecule has 5 nitrogen and oxygen atoms in total. The Morgan fingerprint density at radius 2 is 1.57 bits per heavy atom. The van der Waals surface area contributed by atoms with Crippen LogP contribution in [0.4, 0.5) is 0 Å². The molecule has 0 saturated carbocycles. The van der Waals surface area contributed by atoms with Gasteiger partial charge in [-0.1, -0.05) is 54.6 Å². The Balaban J connectivity index is 1.65. The van der Waals surface area contributed by atoms with Crippen LogP contribution in [0.1, 0.15) is 21.5 Å². The van der Waals surface area contributed by atoms with E-state index in [1.165, 1.54) is 13.2 Å². The molecule has 0 spiro atoms. The van der Waals surface area contributed by atoms with Crippen LogP contribution in [0.15, 0.2) is 89.7 Å². The third kappa shape index (κ3) is 4.10. The average molecular weight is 399 g/mol. The molecule has 3 aromatic carbocycles. The zero-order chi connectivity index (χ0) is 20.9. The number of pyridine rings is 1. The van der Waals surface area contributed by atoms with Gasteiger partial charge in [0.1, 0.15) is 12.4 Å². The monoisotopic (exact) mass is 399 g/mol. The molecular weight excluding hydrogens is 378 g/mol. The van der Waals surface area contributed by atoms with Crippen LogP contribution in [-0.2, 0) is 17.9 Å². The van der Waals surface area contributed by atoms with E-state index >= 15 is 0 Å². The summed E-state index contributed by atoms with van der Waals surface area (Å²) in [7, 11) is 1.35. The van der Waals surface area contributed by atoms with Crippen molar-refractivity contribution in [3.05, 3.63) is 112 Å². The van der Waals surface area contributed by atoms with E-state index in [9.17, 15) is 9.59 Å². The second-order valence-electron chi connectivity index (χ2n) is 6.91. The Hall–Kier alpha value is -3.86. The van der Waals surface area contributed by atoms with E-state index in [0.717, 1.165) is 22.0 Å². The first-order valence-electron chi connectivity index (χ1n) is 9.62. The molecule has 4 rings (SSSR count). The molecule has 4 aromatic rings. The summed E-state index contributed by atoms with van der Waals surface area (Å²) in [4.78, 5) is 24.5. The molecule has 5 heteroatoms. The van der Waals surface area contributed by atoms with Crippen molar-refractivity contribution in [2.75, 3.05) is 7.11 Å². The SMILES string of the molecule is COC(=O)c1ccc(Cn2c(=O)cc(OCc3ccccc3)c3ccccc32)cc1. The van der Waals surface area contributed by atoms with Gasteiger partial charge in [0.25, 0.3) is 5.56 Å². The fourth-order valence-electron chi connectivity index (χ4n) is 3.37. The zero-order valence-electron chi connectivity index (χ0n) is 16.6. The molecule has 0 N–H and O–H groups in total. The van der Waals surface area contributed by atoms with Gasteiger partial charge in [-0.3, -0.25) is 4.79 Å². The number of fused-ring (bicyclic) bond motifs is 1. The Morgan fingerprint density at radius 3 is 2.30 bits per heavy atom. The first-order valence-corrected chi connectivity index (χ1v) is 9.62. The van der Waals surface area contributed by atoms with Crippen molar-refractivity contribution in [3.8, 4) is 5.75 Å². The van der Waals surface area contributed by atoms with Gasteiger partial charge in [0, 0.05) is 11.5 Å². The standard InChI is InChI=1S/C25H21NO4/c1-29-25(28)20-13-11-18(12-14-20)16-26-22-10-6-5-9-21(22)23(15-24(26)27)30-17-19-7-3-2-4-8-19/h2-15H,16-17H2,1H3. The fraction of sp³-hybridized carbons (Fsp3) is 0.120. The van der Waals surface area contributed by atoms with Crippen molar-refractivity contribution < 1.29 is 14.3 Å². The van der Waals surface area contributed by atoms with Gasteiger partial charge in [0.2, 0.25) is 0 Å². The summed E-state index contributed by atoms with van der Waals surface area (Å²) in [5.74, 6) is 0.181. The highest BCUT2D eigenvalue weighted by atomic mass is 16.5. The number of hydrogen-bond donors (Lipinski definition) is 0. The first-order chi connectivity index (χ1) is 14.7. The molecule has 1 heterocycles. The van der Waals surface area contributed by atoms with Crippen molar-refractivity contribution in [3.63, 3.8) is 0 Å². The van der Waals surface area contributed by atoms with Gasteiger partial charge in [0.15, 0.2) is 0 Å². The lowest BCUT2D eigenvalue weighted by Gasteiger charge is -2.15. The first kappa shape index (κ1) is 19.5. The van der Waals surface area contributed by atoms with Crippen LogP contribution in [-0.4, -0.2) is 17.6 Å². The molecule has 30 heavy (non-hydrogen) atoms. The van der Waals surface area contributed by atoms with E-state index in [2.05, 4.69) is 0 Å². The van der Waals surface area contributed by atoms with Gasteiger partial charge < -0.3 is 14.0 Å². The number of ether oxygens (including phenoxy) is 2. The van der Waals surface area contributed by atoms with E-state index in [-0.39, 0.29) is 11.5 Å². The number of carbonyl (C=O) groups is 1. The summed E-state index contributed by atoms with van der Waals surface area (Å²) in [5, 5.41) is 0.874. The topological polar surface area (TPSA) is 57.5 Å². The van der Waals surface area contributed by atoms with Crippen LogP contribution in [0, 0.1) is 0 Å². The predicted molar refractivity (Wildman–Crippen MR) is 116 cm³/mol. The van der Waals surface area contributed by atoms with Crippen LogP contribution < -0.4 is 10.3 Å². The molecule has 150 valence electrons. The third-order valence-corrected chi connectivity index (χ3v) is 4.93. The number of methoxy groups -OCH3 is 1. The summed E-state index contributed by atoms with van der Waals surface area (Å²) >= 11 is 0. The minimum absolute atomic E-state index is 0.145. The van der Waals surface area contributed by atoms with E-state index in [1.807, 2.05) is 66.7 Å². The number of nitrogens with zero attached hydrogens (tertiary/aromatic N) is 1. The molecule has 0 saturated heterocycles. The number of hydrogen-bond acceptors (Lipinski definition) is 4. The summed E-state index contributed by atoms with van der Waals surface area (Å²) in [6, 6.07) is 26.1. The third-order valence-electron chi connectivity index (χ3n) is 4.93. The van der Waals surface area contributed by atoms with Gasteiger partial charge in [-0.2, -0.15) is 0 Å². The fourth-order valence-corrected chi connectivity index (χ4v) is 3.37. The zero-order valence-corrected chi connectivity index (χ0v) is 16.6. The molecule has 1 aromatic heterocycles. The van der Waals surface area contributed by atoms with Crippen molar-refractivity contribution in [2.24, 2.45) is 0 Å². The number of aromatic nitrogens is 1. The Kier molecular flexibility index (Phi) is 5.61. The lowest BCUT2D eigenvalue weighted by Crippen LogP contribution is -2.21. The number of benzene rings is 3. The van der Waals surface area contributed by atoms with Crippen molar-refractivity contribution in [1.29, 1.82) is 0 Å². The van der Waals surface area contributed by atoms with Crippen LogP contribution in [0.2, 0.25) is 0 Å². The van der Waals surface area contributed by atoms with E-state index in [4.69, 9.17) is 9.47 Å². The second-order valence-corrected chi connectivity index (χ2v) is 6.91. The highest BCUT2D eigenvalue weighted by Gasteiger charge is 2.11. The van der Waals surface area contributed by atoms with Gasteiger partial charge in [0.05, 0.1) is 24.7 Å². The molecule has 0 amide bonds. The second kappa shape index (κ2) is 8.66. The van der Waals surface area contributed by atoms with E-state index < -0.39 is 0 Å². The summed E-state index contributed by atoms with van der Waals surface area (Å²) in [6.07, 6.45) is 0. The molecule has 0 aliphatic carbocycles. The summed E-state index contributed by atoms with van der Waals surface area (Å²) in [5.41, 5.74) is 3.08. The summed E-state index contributed by atoms with van der Waals surface area (Å²) < 4.78 is 12.4. The maximum absolute atomic E-state index is 12.9. The van der Waals surface area contributed by atoms with Crippen molar-refractivity contribution in [1.82, 2.24) is 4.57 Å². The maximum atomic E-state index is 12.9. The lowest BCUT2D eigenvalue weighted by atomic mass is 10.1. The van der Waals surface area contributed by atoms with Gasteiger partial charge in [-0.25, -0.2) is 4.79 Å². The molecule has 0 unspecified atom stereocenters.